The summed E-state index contributed by atoms with van der Waals surface area (Å²) in [7, 11) is 0. The van der Waals surface area contributed by atoms with Gasteiger partial charge in [0.25, 0.3) is 0 Å². The lowest BCUT2D eigenvalue weighted by Gasteiger charge is -2.22. The van der Waals surface area contributed by atoms with Crippen molar-refractivity contribution in [2.45, 2.75) is 33.6 Å². The first kappa shape index (κ1) is 10.6. The smallest absolute Gasteiger partial charge is 0.102 e. The zero-order valence-corrected chi connectivity index (χ0v) is 9.32. The van der Waals surface area contributed by atoms with Crippen LogP contribution in [0.3, 0.4) is 0 Å². The fourth-order valence-electron chi connectivity index (χ4n) is 1.58. The van der Waals surface area contributed by atoms with Gasteiger partial charge in [-0.2, -0.15) is 0 Å². The van der Waals surface area contributed by atoms with Gasteiger partial charge in [-0.05, 0) is 31.4 Å². The van der Waals surface area contributed by atoms with E-state index < -0.39 is 0 Å². The number of halogens is 1. The van der Waals surface area contributed by atoms with E-state index in [1.165, 1.54) is 5.57 Å². The molecule has 1 rings (SSSR count). The van der Waals surface area contributed by atoms with E-state index in [1.54, 1.807) is 0 Å². The molecule has 1 nitrogen and oxygen atoms in total. The second-order valence-electron chi connectivity index (χ2n) is 3.73. The lowest BCUT2D eigenvalue weighted by Crippen LogP contribution is -2.10. The van der Waals surface area contributed by atoms with Crippen molar-refractivity contribution in [2.75, 3.05) is 6.61 Å². The van der Waals surface area contributed by atoms with Gasteiger partial charge >= 0.3 is 0 Å². The summed E-state index contributed by atoms with van der Waals surface area (Å²) < 4.78 is 5.63. The van der Waals surface area contributed by atoms with Crippen LogP contribution in [0.5, 0.6) is 0 Å². The van der Waals surface area contributed by atoms with Gasteiger partial charge in [-0.25, -0.2) is 0 Å². The normalized spacial score (nSPS) is 19.3. The minimum absolute atomic E-state index is 0.461. The van der Waals surface area contributed by atoms with Crippen molar-refractivity contribution in [3.8, 4) is 0 Å². The summed E-state index contributed by atoms with van der Waals surface area (Å²) in [4.78, 5) is 0. The van der Waals surface area contributed by atoms with Crippen LogP contribution in [0.15, 0.2) is 22.4 Å². The zero-order valence-electron chi connectivity index (χ0n) is 8.56. The molecule has 1 aliphatic rings. The quantitative estimate of drug-likeness (QED) is 0.658. The SMILES string of the molecule is C/C(Cl)=C\C1=C(C(C)C)OCCC1. The molecule has 0 fully saturated rings. The predicted molar refractivity (Wildman–Crippen MR) is 56.7 cm³/mol. The van der Waals surface area contributed by atoms with E-state index in [4.69, 9.17) is 16.3 Å². The third-order valence-corrected chi connectivity index (χ3v) is 2.17. The van der Waals surface area contributed by atoms with E-state index in [-0.39, 0.29) is 0 Å². The first-order valence-electron chi connectivity index (χ1n) is 4.81. The van der Waals surface area contributed by atoms with E-state index in [1.807, 2.05) is 13.0 Å². The number of allylic oxidation sites excluding steroid dienone is 4. The first-order valence-corrected chi connectivity index (χ1v) is 5.18. The van der Waals surface area contributed by atoms with Gasteiger partial charge in [0.15, 0.2) is 0 Å². The van der Waals surface area contributed by atoms with Crippen molar-refractivity contribution in [3.05, 3.63) is 22.4 Å². The molecule has 13 heavy (non-hydrogen) atoms. The Kier molecular flexibility index (Phi) is 3.86. The fraction of sp³-hybridized carbons (Fsp3) is 0.636. The molecule has 0 bridgehead atoms. The molecule has 0 aromatic carbocycles. The molecule has 0 spiro atoms. The number of ether oxygens (including phenoxy) is 1. The van der Waals surface area contributed by atoms with Crippen molar-refractivity contribution >= 4 is 11.6 Å². The Morgan fingerprint density at radius 2 is 2.23 bits per heavy atom. The van der Waals surface area contributed by atoms with Gasteiger partial charge in [0.2, 0.25) is 0 Å². The van der Waals surface area contributed by atoms with Crippen molar-refractivity contribution in [1.29, 1.82) is 0 Å². The van der Waals surface area contributed by atoms with E-state index in [0.29, 0.717) is 5.92 Å². The molecule has 0 unspecified atom stereocenters. The molecule has 2 heteroatoms. The number of hydrogen-bond donors (Lipinski definition) is 0. The van der Waals surface area contributed by atoms with Gasteiger partial charge in [-0.15, -0.1) is 0 Å². The molecule has 0 saturated heterocycles. The summed E-state index contributed by atoms with van der Waals surface area (Å²) in [6.45, 7) is 7.06. The highest BCUT2D eigenvalue weighted by atomic mass is 35.5. The summed E-state index contributed by atoms with van der Waals surface area (Å²) >= 11 is 5.85. The monoisotopic (exact) mass is 200 g/mol. The fourth-order valence-corrected chi connectivity index (χ4v) is 1.71. The number of hydrogen-bond acceptors (Lipinski definition) is 1. The molecule has 0 saturated carbocycles. The number of rotatable bonds is 2. The van der Waals surface area contributed by atoms with Gasteiger partial charge < -0.3 is 4.74 Å². The Bertz CT molecular complexity index is 234. The molecule has 74 valence electrons. The molecule has 0 amide bonds. The van der Waals surface area contributed by atoms with E-state index in [9.17, 15) is 0 Å². The minimum atomic E-state index is 0.461. The van der Waals surface area contributed by atoms with Crippen LogP contribution in [0.4, 0.5) is 0 Å². The van der Waals surface area contributed by atoms with Gasteiger partial charge in [-0.1, -0.05) is 25.4 Å². The molecule has 0 radical (unpaired) electrons. The lowest BCUT2D eigenvalue weighted by atomic mass is 10.00. The van der Waals surface area contributed by atoms with Crippen LogP contribution in [-0.2, 0) is 4.74 Å². The summed E-state index contributed by atoms with van der Waals surface area (Å²) in [6.07, 6.45) is 4.22. The van der Waals surface area contributed by atoms with Crippen LogP contribution in [0, 0.1) is 5.92 Å². The van der Waals surface area contributed by atoms with E-state index in [2.05, 4.69) is 13.8 Å². The average molecular weight is 201 g/mol. The molecule has 1 heterocycles. The maximum atomic E-state index is 5.85. The maximum Gasteiger partial charge on any atom is 0.102 e. The summed E-state index contributed by atoms with van der Waals surface area (Å²) in [6, 6.07) is 0. The molecule has 0 atom stereocenters. The van der Waals surface area contributed by atoms with Crippen LogP contribution in [-0.4, -0.2) is 6.61 Å². The Balaban J connectivity index is 2.90. The summed E-state index contributed by atoms with van der Waals surface area (Å²) in [5.74, 6) is 1.58. The van der Waals surface area contributed by atoms with Crippen LogP contribution in [0.25, 0.3) is 0 Å². The van der Waals surface area contributed by atoms with Crippen LogP contribution < -0.4 is 0 Å². The second kappa shape index (κ2) is 4.71. The van der Waals surface area contributed by atoms with Crippen LogP contribution in [0.1, 0.15) is 33.6 Å². The van der Waals surface area contributed by atoms with Crippen LogP contribution in [0.2, 0.25) is 0 Å². The Labute approximate surface area is 85.4 Å². The Morgan fingerprint density at radius 3 is 2.77 bits per heavy atom. The Hall–Kier alpha value is -0.430. The zero-order chi connectivity index (χ0) is 9.84. The van der Waals surface area contributed by atoms with Gasteiger partial charge in [0.1, 0.15) is 5.76 Å². The summed E-state index contributed by atoms with van der Waals surface area (Å²) in [5, 5.41) is 0.832. The molecule has 0 aromatic heterocycles. The standard InChI is InChI=1S/C11H17ClO/c1-8(2)11-10(7-9(3)12)5-4-6-13-11/h7-8H,4-6H2,1-3H3/b9-7+. The van der Waals surface area contributed by atoms with Gasteiger partial charge in [0.05, 0.1) is 6.61 Å². The van der Waals surface area contributed by atoms with E-state index in [0.717, 1.165) is 30.2 Å². The van der Waals surface area contributed by atoms with Crippen molar-refractivity contribution in [1.82, 2.24) is 0 Å². The Morgan fingerprint density at radius 1 is 1.54 bits per heavy atom. The van der Waals surface area contributed by atoms with E-state index >= 15 is 0 Å². The third-order valence-electron chi connectivity index (χ3n) is 2.06. The molecule has 0 N–H and O–H groups in total. The summed E-state index contributed by atoms with van der Waals surface area (Å²) in [5.41, 5.74) is 1.27. The highest BCUT2D eigenvalue weighted by Gasteiger charge is 2.15. The van der Waals surface area contributed by atoms with Crippen LogP contribution >= 0.6 is 11.6 Å². The largest absolute Gasteiger partial charge is 0.497 e. The topological polar surface area (TPSA) is 9.23 Å². The predicted octanol–water partition coefficient (Wildman–Crippen LogP) is 3.85. The third kappa shape index (κ3) is 3.07. The highest BCUT2D eigenvalue weighted by Crippen LogP contribution is 2.27. The molecule has 1 aliphatic heterocycles. The molecule has 0 aliphatic carbocycles. The van der Waals surface area contributed by atoms with Gasteiger partial charge in [-0.3, -0.25) is 0 Å². The molecule has 0 aromatic rings. The van der Waals surface area contributed by atoms with Gasteiger partial charge in [0, 0.05) is 11.0 Å². The van der Waals surface area contributed by atoms with Crippen molar-refractivity contribution in [3.63, 3.8) is 0 Å². The highest BCUT2D eigenvalue weighted by molar-refractivity contribution is 6.29. The average Bonchev–Trinajstić information content (AvgIpc) is 2.03. The second-order valence-corrected chi connectivity index (χ2v) is 4.32. The van der Waals surface area contributed by atoms with Crippen molar-refractivity contribution < 1.29 is 4.74 Å². The maximum absolute atomic E-state index is 5.85. The molecular weight excluding hydrogens is 184 g/mol. The van der Waals surface area contributed by atoms with Crippen molar-refractivity contribution in [2.24, 2.45) is 5.92 Å². The first-order chi connectivity index (χ1) is 6.11. The molecular formula is C11H17ClO. The lowest BCUT2D eigenvalue weighted by molar-refractivity contribution is 0.163. The minimum Gasteiger partial charge on any atom is -0.497 e.